The van der Waals surface area contributed by atoms with Crippen molar-refractivity contribution in [3.8, 4) is 0 Å². The summed E-state index contributed by atoms with van der Waals surface area (Å²) in [5.74, 6) is -1.16. The Bertz CT molecular complexity index is 641. The lowest BCUT2D eigenvalue weighted by atomic mass is 10.2. The molecule has 0 aliphatic carbocycles. The summed E-state index contributed by atoms with van der Waals surface area (Å²) in [6, 6.07) is 3.69. The summed E-state index contributed by atoms with van der Waals surface area (Å²) in [4.78, 5) is 22.1. The molecule has 0 saturated carbocycles. The van der Waals surface area contributed by atoms with Crippen molar-refractivity contribution in [2.45, 2.75) is 11.3 Å². The number of anilines is 1. The van der Waals surface area contributed by atoms with Gasteiger partial charge in [-0.2, -0.15) is 0 Å². The number of nitrogen functional groups attached to an aromatic ring is 1. The number of hydrogen-bond acceptors (Lipinski definition) is 7. The first-order valence-electron chi connectivity index (χ1n) is 5.86. The van der Waals surface area contributed by atoms with Gasteiger partial charge in [-0.05, 0) is 18.2 Å². The van der Waals surface area contributed by atoms with Crippen molar-refractivity contribution >= 4 is 27.6 Å². The van der Waals surface area contributed by atoms with E-state index >= 15 is 0 Å². The third-order valence-electron chi connectivity index (χ3n) is 2.57. The molecule has 0 fully saturated rings. The van der Waals surface area contributed by atoms with E-state index in [2.05, 4.69) is 14.2 Å². The number of esters is 2. The van der Waals surface area contributed by atoms with Crippen LogP contribution in [0.1, 0.15) is 16.8 Å². The van der Waals surface area contributed by atoms with Crippen molar-refractivity contribution in [1.82, 2.24) is 4.72 Å². The SMILES string of the molecule is COC(=O)CCNS(=O)(=O)c1ccc(C(=O)OC)cc1N. The zero-order valence-electron chi connectivity index (χ0n) is 11.6. The van der Waals surface area contributed by atoms with Crippen LogP contribution in [-0.2, 0) is 24.3 Å². The van der Waals surface area contributed by atoms with Crippen molar-refractivity contribution in [2.24, 2.45) is 0 Å². The second-order valence-corrected chi connectivity index (χ2v) is 5.70. The van der Waals surface area contributed by atoms with Gasteiger partial charge in [-0.3, -0.25) is 4.79 Å². The second-order valence-electron chi connectivity index (χ2n) is 3.97. The maximum atomic E-state index is 12.0. The minimum Gasteiger partial charge on any atom is -0.469 e. The maximum absolute atomic E-state index is 12.0. The number of sulfonamides is 1. The summed E-state index contributed by atoms with van der Waals surface area (Å²) in [6.45, 7) is -0.118. The summed E-state index contributed by atoms with van der Waals surface area (Å²) < 4.78 is 35.2. The predicted molar refractivity (Wildman–Crippen MR) is 74.0 cm³/mol. The first-order valence-corrected chi connectivity index (χ1v) is 7.34. The van der Waals surface area contributed by atoms with Crippen LogP contribution in [0.3, 0.4) is 0 Å². The predicted octanol–water partition coefficient (Wildman–Crippen LogP) is -0.103. The first kappa shape index (κ1) is 16.9. The molecular weight excluding hydrogens is 300 g/mol. The Kier molecular flexibility index (Phi) is 5.68. The number of carbonyl (C=O) groups excluding carboxylic acids is 2. The van der Waals surface area contributed by atoms with Gasteiger partial charge in [0.25, 0.3) is 0 Å². The Morgan fingerprint density at radius 3 is 2.43 bits per heavy atom. The molecule has 0 bridgehead atoms. The fraction of sp³-hybridized carbons (Fsp3) is 0.333. The fourth-order valence-corrected chi connectivity index (χ4v) is 2.65. The third-order valence-corrected chi connectivity index (χ3v) is 4.10. The van der Waals surface area contributed by atoms with Crippen LogP contribution in [0.2, 0.25) is 0 Å². The van der Waals surface area contributed by atoms with Crippen molar-refractivity contribution in [2.75, 3.05) is 26.5 Å². The van der Waals surface area contributed by atoms with E-state index in [4.69, 9.17) is 5.73 Å². The summed E-state index contributed by atoms with van der Waals surface area (Å²) in [5, 5.41) is 0. The Hall–Kier alpha value is -2.13. The van der Waals surface area contributed by atoms with Gasteiger partial charge in [0.1, 0.15) is 4.90 Å². The van der Waals surface area contributed by atoms with E-state index in [1.165, 1.54) is 32.4 Å². The maximum Gasteiger partial charge on any atom is 0.337 e. The lowest BCUT2D eigenvalue weighted by Crippen LogP contribution is -2.27. The molecule has 0 aliphatic heterocycles. The van der Waals surface area contributed by atoms with Gasteiger partial charge in [0.05, 0.1) is 31.9 Å². The van der Waals surface area contributed by atoms with E-state index in [1.54, 1.807) is 0 Å². The summed E-state index contributed by atoms with van der Waals surface area (Å²) in [5.41, 5.74) is 5.69. The number of benzene rings is 1. The molecule has 0 amide bonds. The molecule has 0 atom stereocenters. The van der Waals surface area contributed by atoms with Crippen LogP contribution in [0.5, 0.6) is 0 Å². The quantitative estimate of drug-likeness (QED) is 0.554. The standard InChI is InChI=1S/C12H16N2O6S/c1-19-11(15)5-6-14-21(17,18)10-4-3-8(7-9(10)13)12(16)20-2/h3-4,7,14H,5-6,13H2,1-2H3. The van der Waals surface area contributed by atoms with E-state index in [-0.39, 0.29) is 29.1 Å². The van der Waals surface area contributed by atoms with Gasteiger partial charge in [-0.25, -0.2) is 17.9 Å². The van der Waals surface area contributed by atoms with Crippen molar-refractivity contribution in [1.29, 1.82) is 0 Å². The van der Waals surface area contributed by atoms with Gasteiger partial charge in [-0.15, -0.1) is 0 Å². The van der Waals surface area contributed by atoms with E-state index in [9.17, 15) is 18.0 Å². The molecule has 0 saturated heterocycles. The molecule has 9 heteroatoms. The topological polar surface area (TPSA) is 125 Å². The van der Waals surface area contributed by atoms with Crippen LogP contribution in [-0.4, -0.2) is 41.1 Å². The number of carbonyl (C=O) groups is 2. The lowest BCUT2D eigenvalue weighted by molar-refractivity contribution is -0.140. The summed E-state index contributed by atoms with van der Waals surface area (Å²) in [6.07, 6.45) is -0.101. The highest BCUT2D eigenvalue weighted by molar-refractivity contribution is 7.89. The largest absolute Gasteiger partial charge is 0.469 e. The van der Waals surface area contributed by atoms with Gasteiger partial charge < -0.3 is 15.2 Å². The highest BCUT2D eigenvalue weighted by Gasteiger charge is 2.19. The molecule has 0 aliphatic rings. The molecule has 0 unspecified atom stereocenters. The van der Waals surface area contributed by atoms with E-state index in [0.717, 1.165) is 0 Å². The monoisotopic (exact) mass is 316 g/mol. The first-order chi connectivity index (χ1) is 9.81. The van der Waals surface area contributed by atoms with Crippen molar-refractivity contribution in [3.05, 3.63) is 23.8 Å². The smallest absolute Gasteiger partial charge is 0.337 e. The van der Waals surface area contributed by atoms with Gasteiger partial charge in [0.15, 0.2) is 0 Å². The number of methoxy groups -OCH3 is 2. The minimum absolute atomic E-state index is 0.0940. The highest BCUT2D eigenvalue weighted by Crippen LogP contribution is 2.20. The molecule has 0 radical (unpaired) electrons. The molecule has 0 aromatic heterocycles. The fourth-order valence-electron chi connectivity index (χ4n) is 1.51. The van der Waals surface area contributed by atoms with Gasteiger partial charge >= 0.3 is 11.9 Å². The van der Waals surface area contributed by atoms with Gasteiger partial charge in [0, 0.05) is 6.54 Å². The summed E-state index contributed by atoms with van der Waals surface area (Å²) in [7, 11) is -1.46. The molecule has 116 valence electrons. The Labute approximate surface area is 122 Å². The van der Waals surface area contributed by atoms with Crippen LogP contribution >= 0.6 is 0 Å². The molecule has 21 heavy (non-hydrogen) atoms. The van der Waals surface area contributed by atoms with Crippen molar-refractivity contribution in [3.63, 3.8) is 0 Å². The molecule has 3 N–H and O–H groups in total. The molecule has 1 aromatic rings. The average Bonchev–Trinajstić information content (AvgIpc) is 2.45. The van der Waals surface area contributed by atoms with Crippen LogP contribution in [0.4, 0.5) is 5.69 Å². The molecule has 0 spiro atoms. The Morgan fingerprint density at radius 1 is 1.24 bits per heavy atom. The van der Waals surface area contributed by atoms with E-state index in [0.29, 0.717) is 0 Å². The molecular formula is C12H16N2O6S. The second kappa shape index (κ2) is 7.04. The average molecular weight is 316 g/mol. The lowest BCUT2D eigenvalue weighted by Gasteiger charge is -2.09. The van der Waals surface area contributed by atoms with E-state index < -0.39 is 22.0 Å². The molecule has 1 rings (SSSR count). The minimum atomic E-state index is -3.88. The number of nitrogens with one attached hydrogen (secondary N) is 1. The number of rotatable bonds is 6. The zero-order chi connectivity index (χ0) is 16.0. The van der Waals surface area contributed by atoms with Gasteiger partial charge in [0.2, 0.25) is 10.0 Å². The number of ether oxygens (including phenoxy) is 2. The number of nitrogens with two attached hydrogens (primary N) is 1. The van der Waals surface area contributed by atoms with Crippen LogP contribution in [0, 0.1) is 0 Å². The number of hydrogen-bond donors (Lipinski definition) is 2. The van der Waals surface area contributed by atoms with Gasteiger partial charge in [-0.1, -0.05) is 0 Å². The molecule has 0 heterocycles. The molecule has 1 aromatic carbocycles. The zero-order valence-corrected chi connectivity index (χ0v) is 12.4. The van der Waals surface area contributed by atoms with Crippen LogP contribution < -0.4 is 10.5 Å². The normalized spacial score (nSPS) is 11.0. The Balaban J connectivity index is 2.89. The van der Waals surface area contributed by atoms with E-state index in [1.807, 2.05) is 0 Å². The van der Waals surface area contributed by atoms with Crippen LogP contribution in [0.15, 0.2) is 23.1 Å². The summed E-state index contributed by atoms with van der Waals surface area (Å²) >= 11 is 0. The van der Waals surface area contributed by atoms with Crippen LogP contribution in [0.25, 0.3) is 0 Å². The highest BCUT2D eigenvalue weighted by atomic mass is 32.2. The van der Waals surface area contributed by atoms with Crippen molar-refractivity contribution < 1.29 is 27.5 Å². The third kappa shape index (κ3) is 4.43. The molecule has 8 nitrogen and oxygen atoms in total. The Morgan fingerprint density at radius 2 is 1.90 bits per heavy atom.